The molecule has 4 atom stereocenters. The largest absolute Gasteiger partial charge is 0.316 e. The Morgan fingerprint density at radius 2 is 1.96 bits per heavy atom. The summed E-state index contributed by atoms with van der Waals surface area (Å²) in [4.78, 5) is 0. The first-order valence-corrected chi connectivity index (χ1v) is 9.73. The molecule has 120 valence electrons. The second kappa shape index (κ2) is 3.93. The highest BCUT2D eigenvalue weighted by molar-refractivity contribution is 7.71. The van der Waals surface area contributed by atoms with Crippen LogP contribution in [0.25, 0.3) is 11.0 Å². The smallest absolute Gasteiger partial charge is 0.181 e. The number of aromatic nitrogens is 2. The molecule has 3 saturated carbocycles. The van der Waals surface area contributed by atoms with Gasteiger partial charge in [-0.3, -0.25) is 0 Å². The number of hydrogen-bond acceptors (Lipinski definition) is 1. The van der Waals surface area contributed by atoms with E-state index in [2.05, 4.69) is 35.1 Å². The quantitative estimate of drug-likeness (QED) is 0.627. The van der Waals surface area contributed by atoms with Crippen LogP contribution in [0.4, 0.5) is 0 Å². The SMILES string of the molecule is CC1(C)[C@H]2C[C@H]3Cc4ccc5c6c4n(c(=S)n6CCC5)[C@H]3[C@@H]1C2. The van der Waals surface area contributed by atoms with Gasteiger partial charge in [0.05, 0.1) is 11.0 Å². The van der Waals surface area contributed by atoms with E-state index < -0.39 is 0 Å². The Balaban J connectivity index is 1.69. The fourth-order valence-corrected chi connectivity index (χ4v) is 6.97. The van der Waals surface area contributed by atoms with E-state index in [4.69, 9.17) is 12.2 Å². The minimum Gasteiger partial charge on any atom is -0.316 e. The van der Waals surface area contributed by atoms with Crippen molar-refractivity contribution in [2.45, 2.75) is 58.5 Å². The molecule has 3 heteroatoms. The molecular formula is C20H24N2S. The van der Waals surface area contributed by atoms with Gasteiger partial charge in [-0.2, -0.15) is 0 Å². The summed E-state index contributed by atoms with van der Waals surface area (Å²) in [5, 5.41) is 0. The third-order valence-corrected chi connectivity index (χ3v) is 8.32. The second-order valence-electron chi connectivity index (χ2n) is 9.04. The van der Waals surface area contributed by atoms with Crippen molar-refractivity contribution < 1.29 is 0 Å². The van der Waals surface area contributed by atoms with Gasteiger partial charge in [-0.05, 0) is 78.6 Å². The van der Waals surface area contributed by atoms with Crippen LogP contribution in [0.3, 0.4) is 0 Å². The van der Waals surface area contributed by atoms with Crippen LogP contribution in [0, 0.1) is 27.9 Å². The predicted molar refractivity (Wildman–Crippen MR) is 95.3 cm³/mol. The van der Waals surface area contributed by atoms with Gasteiger partial charge in [0, 0.05) is 12.6 Å². The zero-order chi connectivity index (χ0) is 15.5. The molecule has 5 aliphatic rings. The van der Waals surface area contributed by atoms with Gasteiger partial charge in [0.1, 0.15) is 0 Å². The maximum Gasteiger partial charge on any atom is 0.181 e. The summed E-state index contributed by atoms with van der Waals surface area (Å²) in [6.45, 7) is 6.13. The molecular weight excluding hydrogens is 300 g/mol. The molecule has 2 nitrogen and oxygen atoms in total. The summed E-state index contributed by atoms with van der Waals surface area (Å²) in [7, 11) is 0. The summed E-state index contributed by atoms with van der Waals surface area (Å²) in [5.41, 5.74) is 6.60. The van der Waals surface area contributed by atoms with Crippen LogP contribution in [0.2, 0.25) is 0 Å². The van der Waals surface area contributed by atoms with Crippen LogP contribution < -0.4 is 0 Å². The lowest BCUT2D eigenvalue weighted by Gasteiger charge is -2.63. The van der Waals surface area contributed by atoms with Gasteiger partial charge in [0.15, 0.2) is 4.77 Å². The molecule has 3 heterocycles. The van der Waals surface area contributed by atoms with Crippen LogP contribution in [0.5, 0.6) is 0 Å². The molecule has 0 saturated heterocycles. The highest BCUT2D eigenvalue weighted by Gasteiger charge is 2.59. The summed E-state index contributed by atoms with van der Waals surface area (Å²) in [6, 6.07) is 5.47. The first-order valence-electron chi connectivity index (χ1n) is 9.33. The lowest BCUT2D eigenvalue weighted by Crippen LogP contribution is -2.57. The lowest BCUT2D eigenvalue weighted by atomic mass is 9.44. The zero-order valence-corrected chi connectivity index (χ0v) is 14.8. The van der Waals surface area contributed by atoms with Gasteiger partial charge in [-0.25, -0.2) is 0 Å². The molecule has 2 bridgehead atoms. The normalized spacial score (nSPS) is 35.7. The molecule has 3 fully saturated rings. The Labute approximate surface area is 142 Å². The maximum absolute atomic E-state index is 6.02. The molecule has 3 aliphatic carbocycles. The fraction of sp³-hybridized carbons (Fsp3) is 0.650. The van der Waals surface area contributed by atoms with Crippen molar-refractivity contribution in [3.63, 3.8) is 0 Å². The maximum atomic E-state index is 6.02. The van der Waals surface area contributed by atoms with Crippen molar-refractivity contribution in [1.29, 1.82) is 0 Å². The average Bonchev–Trinajstić information content (AvgIpc) is 2.87. The van der Waals surface area contributed by atoms with E-state index in [9.17, 15) is 0 Å². The summed E-state index contributed by atoms with van der Waals surface area (Å²) >= 11 is 6.02. The third kappa shape index (κ3) is 1.37. The molecule has 0 spiro atoms. The minimum atomic E-state index is 0.514. The van der Waals surface area contributed by atoms with Crippen molar-refractivity contribution in [3.8, 4) is 0 Å². The number of aryl methyl sites for hydroxylation is 2. The number of imidazole rings is 1. The topological polar surface area (TPSA) is 9.86 Å². The van der Waals surface area contributed by atoms with Crippen LogP contribution in [-0.4, -0.2) is 9.13 Å². The molecule has 2 aromatic rings. The van der Waals surface area contributed by atoms with E-state index >= 15 is 0 Å². The second-order valence-corrected chi connectivity index (χ2v) is 9.40. The van der Waals surface area contributed by atoms with E-state index in [1.807, 2.05) is 0 Å². The number of benzene rings is 1. The summed E-state index contributed by atoms with van der Waals surface area (Å²) in [5.74, 6) is 2.59. The highest BCUT2D eigenvalue weighted by atomic mass is 32.1. The van der Waals surface area contributed by atoms with Gasteiger partial charge in [-0.1, -0.05) is 26.0 Å². The lowest BCUT2D eigenvalue weighted by molar-refractivity contribution is -0.128. The van der Waals surface area contributed by atoms with Crippen LogP contribution in [0.1, 0.15) is 50.3 Å². The molecule has 0 N–H and O–H groups in total. The van der Waals surface area contributed by atoms with Crippen molar-refractivity contribution >= 4 is 23.3 Å². The third-order valence-electron chi connectivity index (χ3n) is 7.90. The molecule has 7 rings (SSSR count). The Bertz CT molecular complexity index is 916. The highest BCUT2D eigenvalue weighted by Crippen LogP contribution is 2.66. The van der Waals surface area contributed by atoms with Crippen LogP contribution in [-0.2, 0) is 19.4 Å². The molecule has 0 radical (unpaired) electrons. The van der Waals surface area contributed by atoms with Crippen molar-refractivity contribution in [2.24, 2.45) is 23.2 Å². The fourth-order valence-electron chi connectivity index (χ4n) is 6.58. The minimum absolute atomic E-state index is 0.514. The Morgan fingerprint density at radius 3 is 2.78 bits per heavy atom. The Kier molecular flexibility index (Phi) is 2.26. The molecule has 0 amide bonds. The van der Waals surface area contributed by atoms with Crippen molar-refractivity contribution in [2.75, 3.05) is 0 Å². The molecule has 2 aliphatic heterocycles. The van der Waals surface area contributed by atoms with E-state index in [1.165, 1.54) is 48.7 Å². The van der Waals surface area contributed by atoms with Gasteiger partial charge in [-0.15, -0.1) is 0 Å². The van der Waals surface area contributed by atoms with Crippen LogP contribution in [0.15, 0.2) is 12.1 Å². The number of nitrogens with zero attached hydrogens (tertiary/aromatic N) is 2. The number of hydrogen-bond donors (Lipinski definition) is 0. The van der Waals surface area contributed by atoms with Gasteiger partial charge in [0.25, 0.3) is 0 Å². The van der Waals surface area contributed by atoms with Gasteiger partial charge >= 0.3 is 0 Å². The van der Waals surface area contributed by atoms with Gasteiger partial charge < -0.3 is 9.13 Å². The summed E-state index contributed by atoms with van der Waals surface area (Å²) in [6.07, 6.45) is 6.58. The van der Waals surface area contributed by atoms with Crippen molar-refractivity contribution in [1.82, 2.24) is 9.13 Å². The first kappa shape index (κ1) is 13.2. The van der Waals surface area contributed by atoms with E-state index in [-0.39, 0.29) is 0 Å². The molecule has 23 heavy (non-hydrogen) atoms. The van der Waals surface area contributed by atoms with E-state index in [0.717, 1.165) is 29.1 Å². The average molecular weight is 324 g/mol. The molecule has 1 aromatic carbocycles. The zero-order valence-electron chi connectivity index (χ0n) is 14.0. The summed E-state index contributed by atoms with van der Waals surface area (Å²) < 4.78 is 6.21. The number of rotatable bonds is 0. The Hall–Kier alpha value is -1.09. The standard InChI is InChI=1S/C20H24N2S/c1-20(2)14-9-13-8-12-6-5-11-4-3-7-21-17(11)18(12)22(19(21)23)16(13)15(20)10-14/h5-6,13-16H,3-4,7-10H2,1-2H3/t13-,14+,15+,16-/m1/s1. The van der Waals surface area contributed by atoms with Crippen molar-refractivity contribution in [3.05, 3.63) is 28.0 Å². The Morgan fingerprint density at radius 1 is 1.13 bits per heavy atom. The first-order chi connectivity index (χ1) is 11.1. The monoisotopic (exact) mass is 324 g/mol. The van der Waals surface area contributed by atoms with E-state index in [0.29, 0.717) is 11.5 Å². The van der Waals surface area contributed by atoms with Gasteiger partial charge in [0.2, 0.25) is 0 Å². The van der Waals surface area contributed by atoms with E-state index in [1.54, 1.807) is 5.56 Å². The molecule has 1 aromatic heterocycles. The molecule has 0 unspecified atom stereocenters. The predicted octanol–water partition coefficient (Wildman–Crippen LogP) is 4.90. The van der Waals surface area contributed by atoms with Crippen LogP contribution >= 0.6 is 12.2 Å².